The quantitative estimate of drug-likeness (QED) is 0.779. The highest BCUT2D eigenvalue weighted by Crippen LogP contribution is 2.15. The van der Waals surface area contributed by atoms with Crippen molar-refractivity contribution in [3.63, 3.8) is 0 Å². The minimum absolute atomic E-state index is 0.0800. The van der Waals surface area contributed by atoms with Crippen molar-refractivity contribution in [3.8, 4) is 0 Å². The lowest BCUT2D eigenvalue weighted by atomic mass is 10.1. The second-order valence-corrected chi connectivity index (χ2v) is 4.93. The number of hydrogen-bond donors (Lipinski definition) is 1. The number of aliphatic hydroxyl groups is 1. The zero-order chi connectivity index (χ0) is 14.2. The molecule has 0 radical (unpaired) electrons. The summed E-state index contributed by atoms with van der Waals surface area (Å²) in [5.41, 5.74) is 4.30. The Bertz CT molecular complexity index is 541. The molecule has 1 N–H and O–H groups in total. The van der Waals surface area contributed by atoms with Crippen LogP contribution >= 0.6 is 0 Å². The Morgan fingerprint density at radius 3 is 2.20 bits per heavy atom. The largest absolute Gasteiger partial charge is 0.392 e. The van der Waals surface area contributed by atoms with Crippen LogP contribution in [0.4, 0.5) is 5.69 Å². The van der Waals surface area contributed by atoms with Crippen molar-refractivity contribution in [1.82, 2.24) is 0 Å². The second-order valence-electron chi connectivity index (χ2n) is 4.93. The van der Waals surface area contributed by atoms with Crippen molar-refractivity contribution in [2.24, 2.45) is 4.99 Å². The summed E-state index contributed by atoms with van der Waals surface area (Å²) in [5.74, 6) is 0. The molecule has 0 unspecified atom stereocenters. The molecular weight excluding hydrogens is 246 g/mol. The van der Waals surface area contributed by atoms with Gasteiger partial charge in [0.05, 0.1) is 12.3 Å². The number of aliphatic hydroxyl groups excluding tert-OH is 1. The molecule has 0 aromatic heterocycles. The SMILES string of the molecule is CCCCc1ccc(N=Cc2ccc(CO)cc2)cc1. The van der Waals surface area contributed by atoms with Gasteiger partial charge in [0.2, 0.25) is 0 Å². The molecule has 0 aliphatic heterocycles. The Kier molecular flexibility index (Phi) is 5.51. The maximum Gasteiger partial charge on any atom is 0.0681 e. The topological polar surface area (TPSA) is 32.6 Å². The van der Waals surface area contributed by atoms with Crippen LogP contribution in [0.2, 0.25) is 0 Å². The van der Waals surface area contributed by atoms with Crippen molar-refractivity contribution < 1.29 is 5.11 Å². The van der Waals surface area contributed by atoms with E-state index in [-0.39, 0.29) is 6.61 Å². The van der Waals surface area contributed by atoms with Crippen LogP contribution in [0.1, 0.15) is 36.5 Å². The molecule has 0 bridgehead atoms. The average molecular weight is 267 g/mol. The number of nitrogens with zero attached hydrogens (tertiary/aromatic N) is 1. The van der Waals surface area contributed by atoms with Crippen LogP contribution in [-0.2, 0) is 13.0 Å². The van der Waals surface area contributed by atoms with Crippen LogP contribution in [0.25, 0.3) is 0 Å². The van der Waals surface area contributed by atoms with Crippen LogP contribution in [-0.4, -0.2) is 11.3 Å². The fraction of sp³-hybridized carbons (Fsp3) is 0.278. The summed E-state index contributed by atoms with van der Waals surface area (Å²) in [7, 11) is 0. The fourth-order valence-electron chi connectivity index (χ4n) is 1.99. The molecule has 0 aliphatic carbocycles. The molecule has 2 rings (SSSR count). The van der Waals surface area contributed by atoms with Crippen molar-refractivity contribution in [3.05, 3.63) is 65.2 Å². The minimum atomic E-state index is 0.0800. The average Bonchev–Trinajstić information content (AvgIpc) is 2.52. The van der Waals surface area contributed by atoms with Gasteiger partial charge in [-0.15, -0.1) is 0 Å². The monoisotopic (exact) mass is 267 g/mol. The Balaban J connectivity index is 1.99. The van der Waals surface area contributed by atoms with E-state index in [2.05, 4.69) is 36.2 Å². The van der Waals surface area contributed by atoms with Gasteiger partial charge in [-0.25, -0.2) is 0 Å². The molecule has 20 heavy (non-hydrogen) atoms. The van der Waals surface area contributed by atoms with Crippen LogP contribution in [0, 0.1) is 0 Å². The number of rotatable bonds is 6. The van der Waals surface area contributed by atoms with Crippen molar-refractivity contribution in [1.29, 1.82) is 0 Å². The molecule has 2 aromatic rings. The summed E-state index contributed by atoms with van der Waals surface area (Å²) in [6, 6.07) is 16.2. The Morgan fingerprint density at radius 2 is 1.60 bits per heavy atom. The first-order valence-electron chi connectivity index (χ1n) is 7.14. The Labute approximate surface area is 120 Å². The first kappa shape index (κ1) is 14.5. The molecule has 104 valence electrons. The molecule has 0 saturated heterocycles. The van der Waals surface area contributed by atoms with Gasteiger partial charge in [0.1, 0.15) is 0 Å². The predicted octanol–water partition coefficient (Wildman–Crippen LogP) is 4.27. The van der Waals surface area contributed by atoms with Crippen molar-refractivity contribution >= 4 is 11.9 Å². The molecule has 0 amide bonds. The van der Waals surface area contributed by atoms with Crippen LogP contribution in [0.15, 0.2) is 53.5 Å². The zero-order valence-electron chi connectivity index (χ0n) is 11.9. The molecule has 0 spiro atoms. The lowest BCUT2D eigenvalue weighted by Gasteiger charge is -2.00. The fourth-order valence-corrected chi connectivity index (χ4v) is 1.99. The molecule has 0 aliphatic rings. The first-order chi connectivity index (χ1) is 9.81. The van der Waals surface area contributed by atoms with E-state index in [1.807, 2.05) is 30.5 Å². The Hall–Kier alpha value is -1.93. The van der Waals surface area contributed by atoms with Crippen LogP contribution in [0.5, 0.6) is 0 Å². The standard InChI is InChI=1S/C18H21NO/c1-2-3-4-15-9-11-18(12-10-15)19-13-16-5-7-17(14-20)8-6-16/h5-13,20H,2-4,14H2,1H3. The molecule has 0 heterocycles. The molecule has 2 aromatic carbocycles. The summed E-state index contributed by atoms with van der Waals surface area (Å²) in [5, 5.41) is 8.99. The maximum atomic E-state index is 8.99. The number of benzene rings is 2. The van der Waals surface area contributed by atoms with E-state index < -0.39 is 0 Å². The third-order valence-corrected chi connectivity index (χ3v) is 3.28. The Morgan fingerprint density at radius 1 is 0.950 bits per heavy atom. The normalized spacial score (nSPS) is 11.1. The van der Waals surface area contributed by atoms with Crippen molar-refractivity contribution in [2.45, 2.75) is 32.8 Å². The number of aliphatic imine (C=N–C) groups is 1. The molecule has 0 fully saturated rings. The van der Waals surface area contributed by atoms with Gasteiger partial charge >= 0.3 is 0 Å². The van der Waals surface area contributed by atoms with Crippen LogP contribution in [0.3, 0.4) is 0 Å². The van der Waals surface area contributed by atoms with E-state index in [0.29, 0.717) is 0 Å². The van der Waals surface area contributed by atoms with E-state index in [9.17, 15) is 0 Å². The van der Waals surface area contributed by atoms with Gasteiger partial charge in [0.15, 0.2) is 0 Å². The smallest absolute Gasteiger partial charge is 0.0681 e. The van der Waals surface area contributed by atoms with E-state index in [1.165, 1.54) is 18.4 Å². The number of unbranched alkanes of at least 4 members (excludes halogenated alkanes) is 1. The summed E-state index contributed by atoms with van der Waals surface area (Å²) in [6.45, 7) is 2.29. The highest BCUT2D eigenvalue weighted by Gasteiger charge is 1.94. The van der Waals surface area contributed by atoms with E-state index >= 15 is 0 Å². The second kappa shape index (κ2) is 7.61. The molecule has 2 nitrogen and oxygen atoms in total. The number of hydrogen-bond acceptors (Lipinski definition) is 2. The third kappa shape index (κ3) is 4.32. The number of aryl methyl sites for hydroxylation is 1. The zero-order valence-corrected chi connectivity index (χ0v) is 11.9. The molecule has 0 saturated carbocycles. The van der Waals surface area contributed by atoms with Gasteiger partial charge in [-0.2, -0.15) is 0 Å². The van der Waals surface area contributed by atoms with E-state index in [0.717, 1.165) is 23.2 Å². The van der Waals surface area contributed by atoms with Gasteiger partial charge < -0.3 is 5.11 Å². The maximum absolute atomic E-state index is 8.99. The lowest BCUT2D eigenvalue weighted by Crippen LogP contribution is -1.85. The minimum Gasteiger partial charge on any atom is -0.392 e. The van der Waals surface area contributed by atoms with Gasteiger partial charge in [-0.05, 0) is 41.7 Å². The molecular formula is C18H21NO. The van der Waals surface area contributed by atoms with Gasteiger partial charge in [-0.1, -0.05) is 49.7 Å². The van der Waals surface area contributed by atoms with E-state index in [1.54, 1.807) is 0 Å². The highest BCUT2D eigenvalue weighted by atomic mass is 16.3. The highest BCUT2D eigenvalue weighted by molar-refractivity contribution is 5.81. The predicted molar refractivity (Wildman–Crippen MR) is 84.7 cm³/mol. The van der Waals surface area contributed by atoms with E-state index in [4.69, 9.17) is 5.11 Å². The van der Waals surface area contributed by atoms with Crippen molar-refractivity contribution in [2.75, 3.05) is 0 Å². The summed E-state index contributed by atoms with van der Waals surface area (Å²) in [6.07, 6.45) is 5.45. The van der Waals surface area contributed by atoms with Crippen LogP contribution < -0.4 is 0 Å². The molecule has 2 heteroatoms. The lowest BCUT2D eigenvalue weighted by molar-refractivity contribution is 0.282. The van der Waals surface area contributed by atoms with Gasteiger partial charge in [-0.3, -0.25) is 4.99 Å². The molecule has 0 atom stereocenters. The summed E-state index contributed by atoms with van der Waals surface area (Å²) < 4.78 is 0. The summed E-state index contributed by atoms with van der Waals surface area (Å²) in [4.78, 5) is 4.47. The first-order valence-corrected chi connectivity index (χ1v) is 7.14. The van der Waals surface area contributed by atoms with Gasteiger partial charge in [0.25, 0.3) is 0 Å². The summed E-state index contributed by atoms with van der Waals surface area (Å²) >= 11 is 0. The third-order valence-electron chi connectivity index (χ3n) is 3.28. The van der Waals surface area contributed by atoms with Gasteiger partial charge in [0, 0.05) is 6.21 Å².